The fourth-order valence-electron chi connectivity index (χ4n) is 1.03. The minimum Gasteiger partial charge on any atom is -0.260 e. The normalized spacial score (nSPS) is 11.4. The Hall–Kier alpha value is -1.25. The zero-order valence-corrected chi connectivity index (χ0v) is 11.0. The van der Waals surface area contributed by atoms with Gasteiger partial charge in [-0.15, -0.1) is 11.3 Å². The molecule has 1 N–H and O–H groups in total. The molecule has 2 aromatic rings. The summed E-state index contributed by atoms with van der Waals surface area (Å²) in [6, 6.07) is 0. The Labute approximate surface area is 107 Å². The van der Waals surface area contributed by atoms with Gasteiger partial charge in [0.1, 0.15) is 0 Å². The standard InChI is InChI=1S/C8H7ClN4O2S2/c1-5-12-4-6(16-5)17(14,15)13-8-7(9)10-2-3-11-8/h2-4H,1H3,(H,11,13). The van der Waals surface area contributed by atoms with Crippen molar-refractivity contribution in [2.45, 2.75) is 11.1 Å². The molecular formula is C8H7ClN4O2S2. The van der Waals surface area contributed by atoms with Gasteiger partial charge in [-0.05, 0) is 6.92 Å². The molecule has 0 aromatic carbocycles. The zero-order chi connectivity index (χ0) is 12.5. The number of hydrogen-bond donors (Lipinski definition) is 1. The van der Waals surface area contributed by atoms with Crippen LogP contribution in [0.5, 0.6) is 0 Å². The molecule has 0 amide bonds. The van der Waals surface area contributed by atoms with Crippen molar-refractivity contribution in [2.75, 3.05) is 4.72 Å². The zero-order valence-electron chi connectivity index (χ0n) is 8.58. The highest BCUT2D eigenvalue weighted by Gasteiger charge is 2.19. The third-order valence-electron chi connectivity index (χ3n) is 1.75. The van der Waals surface area contributed by atoms with Gasteiger partial charge in [0.25, 0.3) is 10.0 Å². The Morgan fingerprint density at radius 2 is 2.00 bits per heavy atom. The molecule has 0 atom stereocenters. The average Bonchev–Trinajstić information content (AvgIpc) is 2.69. The van der Waals surface area contributed by atoms with Crippen LogP contribution in [0, 0.1) is 6.92 Å². The Morgan fingerprint density at radius 3 is 2.59 bits per heavy atom. The number of rotatable bonds is 3. The van der Waals surface area contributed by atoms with Gasteiger partial charge < -0.3 is 0 Å². The van der Waals surface area contributed by atoms with E-state index < -0.39 is 10.0 Å². The van der Waals surface area contributed by atoms with Gasteiger partial charge >= 0.3 is 0 Å². The van der Waals surface area contributed by atoms with E-state index >= 15 is 0 Å². The molecule has 0 aliphatic rings. The second-order valence-corrected chi connectivity index (χ2v) is 6.50. The molecule has 9 heteroatoms. The number of sulfonamides is 1. The highest BCUT2D eigenvalue weighted by atomic mass is 35.5. The number of thiazole rings is 1. The number of halogens is 1. The quantitative estimate of drug-likeness (QED) is 0.930. The number of anilines is 1. The summed E-state index contributed by atoms with van der Waals surface area (Å²) in [4.78, 5) is 11.4. The van der Waals surface area contributed by atoms with Crippen molar-refractivity contribution in [3.8, 4) is 0 Å². The summed E-state index contributed by atoms with van der Waals surface area (Å²) >= 11 is 6.78. The molecule has 2 aromatic heterocycles. The Balaban J connectivity index is 2.33. The average molecular weight is 291 g/mol. The van der Waals surface area contributed by atoms with E-state index in [1.54, 1.807) is 6.92 Å². The SMILES string of the molecule is Cc1ncc(S(=O)(=O)Nc2nccnc2Cl)s1. The molecule has 0 aliphatic heterocycles. The lowest BCUT2D eigenvalue weighted by Gasteiger charge is -2.05. The van der Waals surface area contributed by atoms with Crippen molar-refractivity contribution < 1.29 is 8.42 Å². The van der Waals surface area contributed by atoms with E-state index in [9.17, 15) is 8.42 Å². The number of aryl methyl sites for hydroxylation is 1. The summed E-state index contributed by atoms with van der Waals surface area (Å²) in [5, 5.41) is 0.660. The largest absolute Gasteiger partial charge is 0.274 e. The Morgan fingerprint density at radius 1 is 1.29 bits per heavy atom. The van der Waals surface area contributed by atoms with Gasteiger partial charge in [0.05, 0.1) is 11.2 Å². The summed E-state index contributed by atoms with van der Waals surface area (Å²) < 4.78 is 26.2. The molecular weight excluding hydrogens is 284 g/mol. The van der Waals surface area contributed by atoms with E-state index in [2.05, 4.69) is 19.7 Å². The highest BCUT2D eigenvalue weighted by molar-refractivity contribution is 7.94. The summed E-state index contributed by atoms with van der Waals surface area (Å²) in [7, 11) is -3.70. The van der Waals surface area contributed by atoms with E-state index in [0.717, 1.165) is 11.3 Å². The lowest BCUT2D eigenvalue weighted by Crippen LogP contribution is -2.13. The second kappa shape index (κ2) is 4.55. The van der Waals surface area contributed by atoms with Gasteiger partial charge in [-0.3, -0.25) is 4.72 Å². The van der Waals surface area contributed by atoms with Gasteiger partial charge in [-0.1, -0.05) is 11.6 Å². The van der Waals surface area contributed by atoms with Crippen molar-refractivity contribution >= 4 is 38.8 Å². The molecule has 0 aliphatic carbocycles. The minimum absolute atomic E-state index is 0.000203. The van der Waals surface area contributed by atoms with Crippen LogP contribution in [0.25, 0.3) is 0 Å². The fraction of sp³-hybridized carbons (Fsp3) is 0.125. The van der Waals surface area contributed by atoms with Crippen LogP contribution >= 0.6 is 22.9 Å². The fourth-order valence-corrected chi connectivity index (χ4v) is 3.37. The maximum atomic E-state index is 11.9. The summed E-state index contributed by atoms with van der Waals surface area (Å²) in [6.07, 6.45) is 4.01. The number of nitrogens with zero attached hydrogens (tertiary/aromatic N) is 3. The van der Waals surface area contributed by atoms with Crippen LogP contribution in [0.4, 0.5) is 5.82 Å². The van der Waals surface area contributed by atoms with Crippen molar-refractivity contribution in [1.82, 2.24) is 15.0 Å². The van der Waals surface area contributed by atoms with Crippen LogP contribution in [-0.4, -0.2) is 23.4 Å². The summed E-state index contributed by atoms with van der Waals surface area (Å²) in [6.45, 7) is 1.72. The lowest BCUT2D eigenvalue weighted by atomic mass is 10.7. The number of hydrogen-bond acceptors (Lipinski definition) is 6. The predicted molar refractivity (Wildman–Crippen MR) is 64.7 cm³/mol. The molecule has 6 nitrogen and oxygen atoms in total. The molecule has 0 spiro atoms. The molecule has 0 unspecified atom stereocenters. The third kappa shape index (κ3) is 2.71. The smallest absolute Gasteiger partial charge is 0.260 e. The second-order valence-electron chi connectivity index (χ2n) is 3.00. The molecule has 2 heterocycles. The first kappa shape index (κ1) is 12.2. The van der Waals surface area contributed by atoms with Crippen LogP contribution in [0.3, 0.4) is 0 Å². The first-order chi connectivity index (χ1) is 7.99. The number of nitrogens with one attached hydrogen (secondary N) is 1. The van der Waals surface area contributed by atoms with Crippen LogP contribution in [0.1, 0.15) is 5.01 Å². The molecule has 90 valence electrons. The maximum absolute atomic E-state index is 11.9. The molecule has 17 heavy (non-hydrogen) atoms. The highest BCUT2D eigenvalue weighted by Crippen LogP contribution is 2.22. The predicted octanol–water partition coefficient (Wildman–Crippen LogP) is 1.70. The Kier molecular flexibility index (Phi) is 3.27. The number of aromatic nitrogens is 3. The minimum atomic E-state index is -3.70. The van der Waals surface area contributed by atoms with Crippen molar-refractivity contribution in [3.63, 3.8) is 0 Å². The van der Waals surface area contributed by atoms with E-state index in [1.807, 2.05) is 0 Å². The van der Waals surface area contributed by atoms with Gasteiger partial charge in [0.15, 0.2) is 15.2 Å². The summed E-state index contributed by atoms with van der Waals surface area (Å²) in [5.41, 5.74) is 0. The van der Waals surface area contributed by atoms with Crippen LogP contribution < -0.4 is 4.72 Å². The van der Waals surface area contributed by atoms with Crippen LogP contribution in [-0.2, 0) is 10.0 Å². The lowest BCUT2D eigenvalue weighted by molar-refractivity contribution is 0.602. The van der Waals surface area contributed by atoms with Crippen molar-refractivity contribution in [1.29, 1.82) is 0 Å². The maximum Gasteiger partial charge on any atom is 0.274 e. The first-order valence-electron chi connectivity index (χ1n) is 4.41. The van der Waals surface area contributed by atoms with Crippen LogP contribution in [0.15, 0.2) is 22.8 Å². The van der Waals surface area contributed by atoms with Crippen LogP contribution in [0.2, 0.25) is 5.15 Å². The summed E-state index contributed by atoms with van der Waals surface area (Å²) in [5.74, 6) is 0.000203. The van der Waals surface area contributed by atoms with E-state index in [4.69, 9.17) is 11.6 Å². The molecule has 0 bridgehead atoms. The van der Waals surface area contributed by atoms with Gasteiger partial charge in [-0.25, -0.2) is 23.4 Å². The van der Waals surface area contributed by atoms with Gasteiger partial charge in [0, 0.05) is 12.4 Å². The van der Waals surface area contributed by atoms with E-state index in [0.29, 0.717) is 5.01 Å². The molecule has 0 saturated carbocycles. The van der Waals surface area contributed by atoms with E-state index in [-0.39, 0.29) is 15.2 Å². The van der Waals surface area contributed by atoms with Gasteiger partial charge in [-0.2, -0.15) is 0 Å². The first-order valence-corrected chi connectivity index (χ1v) is 7.08. The molecule has 2 rings (SSSR count). The van der Waals surface area contributed by atoms with Crippen molar-refractivity contribution in [3.05, 3.63) is 28.8 Å². The van der Waals surface area contributed by atoms with Crippen molar-refractivity contribution in [2.24, 2.45) is 0 Å². The molecule has 0 fully saturated rings. The molecule has 0 radical (unpaired) electrons. The van der Waals surface area contributed by atoms with E-state index in [1.165, 1.54) is 18.6 Å². The monoisotopic (exact) mass is 290 g/mol. The Bertz CT molecular complexity index is 640. The third-order valence-corrected chi connectivity index (χ3v) is 4.74. The topological polar surface area (TPSA) is 84.8 Å². The van der Waals surface area contributed by atoms with Gasteiger partial charge in [0.2, 0.25) is 0 Å². The molecule has 0 saturated heterocycles.